The topological polar surface area (TPSA) is 179 Å². The average molecular weight is 844 g/mol. The number of ketones is 1. The van der Waals surface area contributed by atoms with Crippen molar-refractivity contribution in [3.05, 3.63) is 88.6 Å². The number of aliphatic hydroxyl groups is 3. The first kappa shape index (κ1) is 42.0. The van der Waals surface area contributed by atoms with E-state index in [1.807, 2.05) is 24.3 Å². The number of aromatic hydroxyl groups is 2. The Balaban J connectivity index is 1.19. The number of carbonyl (C=O) groups is 2. The van der Waals surface area contributed by atoms with E-state index in [0.29, 0.717) is 30.1 Å². The van der Waals surface area contributed by atoms with Crippen LogP contribution in [-0.4, -0.2) is 80.9 Å². The molecule has 4 aromatic rings. The molecule has 1 aromatic heterocycles. The van der Waals surface area contributed by atoms with Crippen LogP contribution in [0, 0.1) is 40.9 Å². The number of ether oxygens (including phenoxy) is 3. The summed E-state index contributed by atoms with van der Waals surface area (Å²) in [6.07, 6.45) is 7.29. The lowest BCUT2D eigenvalue weighted by Gasteiger charge is -2.57. The monoisotopic (exact) mass is 843 g/mol. The second kappa shape index (κ2) is 17.5. The number of phenols is 2. The average Bonchev–Trinajstić information content (AvgIpc) is 3.85. The zero-order chi connectivity index (χ0) is 43.1. The van der Waals surface area contributed by atoms with Crippen LogP contribution in [0.15, 0.2) is 60.7 Å². The molecule has 3 saturated carbocycles. The molecule has 2 bridgehead atoms. The zero-order valence-corrected chi connectivity index (χ0v) is 35.3. The molecule has 1 aliphatic heterocycles. The number of hydrogen-bond acceptors (Lipinski definition) is 10. The molecule has 11 heteroatoms. The highest BCUT2D eigenvalue weighted by molar-refractivity contribution is 5.94. The van der Waals surface area contributed by atoms with Gasteiger partial charge in [-0.05, 0) is 126 Å². The number of hydrogen-bond donors (Lipinski definition) is 6. The Bertz CT molecular complexity index is 2430. The highest BCUT2D eigenvalue weighted by Crippen LogP contribution is 2.66. The van der Waals surface area contributed by atoms with Crippen LogP contribution in [-0.2, 0) is 27.2 Å². The van der Waals surface area contributed by atoms with Crippen molar-refractivity contribution < 1.29 is 49.3 Å². The Labute approximate surface area is 362 Å². The molecular formula is C51H57NO10. The lowest BCUT2D eigenvalue weighted by Crippen LogP contribution is -2.51. The van der Waals surface area contributed by atoms with Crippen molar-refractivity contribution in [2.24, 2.45) is 29.1 Å². The normalized spacial score (nSPS) is 27.4. The summed E-state index contributed by atoms with van der Waals surface area (Å²) < 4.78 is 17.2. The fraction of sp³-hybridized carbons (Fsp3) is 0.490. The second-order valence-corrected chi connectivity index (χ2v) is 18.4. The van der Waals surface area contributed by atoms with Crippen LogP contribution in [0.2, 0.25) is 0 Å². The SMILES string of the molecule is COc1cc2c(cc1O)C1=C[C@H]3CC4(CCCC4)[C@H]4C[C@H](O)CC[C@H]4[C@H]3[C@@H]2CC(=O)C[C@@H]([C@H](O)Cc2ccc(O)c(OCCO)c2)OC(=O)CC#CCc2c1[nH]c1ccccc21. The van der Waals surface area contributed by atoms with Gasteiger partial charge >= 0.3 is 5.97 Å². The van der Waals surface area contributed by atoms with Gasteiger partial charge in [0.1, 0.15) is 24.9 Å². The molecule has 3 fully saturated rings. The van der Waals surface area contributed by atoms with Gasteiger partial charge in [-0.1, -0.05) is 55.0 Å². The van der Waals surface area contributed by atoms with Crippen LogP contribution in [0.25, 0.3) is 16.5 Å². The largest absolute Gasteiger partial charge is 0.504 e. The number of cyclic esters (lactones) is 1. The van der Waals surface area contributed by atoms with Crippen LogP contribution in [0.4, 0.5) is 0 Å². The lowest BCUT2D eigenvalue weighted by atomic mass is 9.48. The summed E-state index contributed by atoms with van der Waals surface area (Å²) in [6, 6.07) is 16.4. The van der Waals surface area contributed by atoms with Crippen molar-refractivity contribution in [1.82, 2.24) is 4.98 Å². The van der Waals surface area contributed by atoms with Crippen LogP contribution in [0.3, 0.4) is 0 Å². The standard InChI is InChI=1S/C51H57NO10/c1-60-45-27-37-36(26-44(45)58)39-22-30-28-51(16-6-7-17-51)40-24-31(54)13-14-35(40)49(30)38(37)23-32(55)25-47(43(57)20-29-12-15-42(56)46(21-29)61-19-18-53)62-48(59)11-5-3-9-34-33-8-2-4-10-41(33)52-50(34)39/h2,4,8,10,12,15,21-22,26-27,30-31,35,38,40,43,47,49,52-54,56-58H,6-7,9,11,13-14,16-20,23-25,28H2,1H3/t30-,31+,35+,38+,40-,43+,47-,49-/m0/s1. The maximum atomic E-state index is 14.9. The van der Waals surface area contributed by atoms with Gasteiger partial charge in [-0.3, -0.25) is 9.59 Å². The third kappa shape index (κ3) is 7.97. The first-order valence-electron chi connectivity index (χ1n) is 22.4. The molecule has 11 nitrogen and oxygen atoms in total. The molecule has 4 aliphatic carbocycles. The maximum Gasteiger partial charge on any atom is 0.318 e. The number of aliphatic hydroxyl groups excluding tert-OH is 3. The van der Waals surface area contributed by atoms with E-state index in [0.717, 1.165) is 83.8 Å². The minimum atomic E-state index is -1.29. The van der Waals surface area contributed by atoms with E-state index in [4.69, 9.17) is 14.2 Å². The first-order chi connectivity index (χ1) is 30.1. The van der Waals surface area contributed by atoms with Crippen molar-refractivity contribution in [1.29, 1.82) is 0 Å². The minimum Gasteiger partial charge on any atom is -0.504 e. The Morgan fingerprint density at radius 1 is 0.968 bits per heavy atom. The van der Waals surface area contributed by atoms with Gasteiger partial charge in [0.05, 0.1) is 31.6 Å². The van der Waals surface area contributed by atoms with Gasteiger partial charge in [0, 0.05) is 42.2 Å². The number of aromatic nitrogens is 1. The molecule has 9 rings (SSSR count). The van der Waals surface area contributed by atoms with E-state index >= 15 is 0 Å². The fourth-order valence-corrected chi connectivity index (χ4v) is 12.3. The molecular weight excluding hydrogens is 787 g/mol. The number of nitrogens with one attached hydrogen (secondary N) is 1. The smallest absolute Gasteiger partial charge is 0.318 e. The molecule has 0 saturated heterocycles. The van der Waals surface area contributed by atoms with Gasteiger partial charge in [-0.2, -0.15) is 0 Å². The van der Waals surface area contributed by atoms with Crippen molar-refractivity contribution >= 4 is 28.2 Å². The Morgan fingerprint density at radius 3 is 2.58 bits per heavy atom. The summed E-state index contributed by atoms with van der Waals surface area (Å²) in [5, 5.41) is 55.2. The van der Waals surface area contributed by atoms with Crippen LogP contribution < -0.4 is 9.47 Å². The second-order valence-electron chi connectivity index (χ2n) is 18.4. The summed E-state index contributed by atoms with van der Waals surface area (Å²) in [7, 11) is 1.53. The first-order valence-corrected chi connectivity index (χ1v) is 22.4. The number of benzene rings is 3. The molecule has 62 heavy (non-hydrogen) atoms. The van der Waals surface area contributed by atoms with Gasteiger partial charge in [0.25, 0.3) is 0 Å². The fourth-order valence-electron chi connectivity index (χ4n) is 12.3. The number of phenolic OH excluding ortho intramolecular Hbond substituents is 2. The number of methoxy groups -OCH3 is 1. The molecule has 1 spiro atoms. The van der Waals surface area contributed by atoms with Crippen molar-refractivity contribution in [3.8, 4) is 34.8 Å². The Kier molecular flexibility index (Phi) is 11.8. The zero-order valence-electron chi connectivity index (χ0n) is 35.3. The molecule has 3 aromatic carbocycles. The maximum absolute atomic E-state index is 14.9. The number of aromatic amines is 1. The third-order valence-corrected chi connectivity index (χ3v) is 14.9. The lowest BCUT2D eigenvalue weighted by molar-refractivity contribution is -0.155. The number of fused-ring (bicyclic) bond motifs is 9. The number of rotatable bonds is 7. The van der Waals surface area contributed by atoms with E-state index in [1.54, 1.807) is 18.2 Å². The van der Waals surface area contributed by atoms with Crippen molar-refractivity contribution in [2.45, 2.75) is 108 Å². The van der Waals surface area contributed by atoms with Crippen molar-refractivity contribution in [3.63, 3.8) is 0 Å². The number of carbonyl (C=O) groups excluding carboxylic acids is 2. The van der Waals surface area contributed by atoms with Crippen LogP contribution >= 0.6 is 0 Å². The Hall–Kier alpha value is -5.28. The van der Waals surface area contributed by atoms with E-state index in [9.17, 15) is 35.1 Å². The minimum absolute atomic E-state index is 0.000804. The van der Waals surface area contributed by atoms with Crippen LogP contribution in [0.5, 0.6) is 23.0 Å². The van der Waals surface area contributed by atoms with E-state index in [1.165, 1.54) is 13.2 Å². The third-order valence-electron chi connectivity index (χ3n) is 14.9. The van der Waals surface area contributed by atoms with Crippen molar-refractivity contribution in [2.75, 3.05) is 20.3 Å². The predicted octanol–water partition coefficient (Wildman–Crippen LogP) is 7.28. The molecule has 326 valence electrons. The highest BCUT2D eigenvalue weighted by atomic mass is 16.6. The summed E-state index contributed by atoms with van der Waals surface area (Å²) in [5.74, 6) is 6.02. The van der Waals surface area contributed by atoms with E-state index < -0.39 is 18.2 Å². The molecule has 0 unspecified atom stereocenters. The molecule has 6 N–H and O–H groups in total. The number of H-pyrrole nitrogens is 1. The van der Waals surface area contributed by atoms with Gasteiger partial charge in [-0.25, -0.2) is 0 Å². The summed E-state index contributed by atoms with van der Waals surface area (Å²) in [4.78, 5) is 32.2. The number of esters is 1. The molecule has 8 atom stereocenters. The predicted molar refractivity (Wildman–Crippen MR) is 233 cm³/mol. The summed E-state index contributed by atoms with van der Waals surface area (Å²) >= 11 is 0. The molecule has 5 aliphatic rings. The van der Waals surface area contributed by atoms with E-state index in [2.05, 4.69) is 29.0 Å². The summed E-state index contributed by atoms with van der Waals surface area (Å²) in [6.45, 7) is -0.282. The number of allylic oxidation sites excluding steroid dienone is 1. The quantitative estimate of drug-likeness (QED) is 0.0819. The molecule has 0 radical (unpaired) electrons. The van der Waals surface area contributed by atoms with Gasteiger partial charge < -0.3 is 44.7 Å². The number of para-hydroxylation sites is 1. The Morgan fingerprint density at radius 2 is 1.77 bits per heavy atom. The highest BCUT2D eigenvalue weighted by Gasteiger charge is 2.57. The van der Waals surface area contributed by atoms with E-state index in [-0.39, 0.29) is 97.1 Å². The van der Waals surface area contributed by atoms with Gasteiger partial charge in [-0.15, -0.1) is 0 Å². The van der Waals surface area contributed by atoms with Gasteiger partial charge in [0.15, 0.2) is 23.0 Å². The number of Topliss-reactive ketones (excluding diaryl/α,β-unsaturated/α-hetero) is 1. The van der Waals surface area contributed by atoms with Crippen LogP contribution in [0.1, 0.15) is 104 Å². The van der Waals surface area contributed by atoms with Gasteiger partial charge in [0.2, 0.25) is 0 Å². The summed E-state index contributed by atoms with van der Waals surface area (Å²) in [5.41, 5.74) is 6.15. The molecule has 0 amide bonds. The molecule has 2 heterocycles.